The number of carbonyl (C=O) groups is 1. The molecule has 0 atom stereocenters. The van der Waals surface area contributed by atoms with Gasteiger partial charge in [0.05, 0.1) is 16.3 Å². The second-order valence-corrected chi connectivity index (χ2v) is 6.56. The van der Waals surface area contributed by atoms with Gasteiger partial charge in [0.2, 0.25) is 0 Å². The summed E-state index contributed by atoms with van der Waals surface area (Å²) in [5.41, 5.74) is 0.443. The molecule has 0 spiro atoms. The predicted molar refractivity (Wildman–Crippen MR) is 74.6 cm³/mol. The standard InChI is InChI=1S/C13H16N2O4S/c1-3-7-20(17,18)11-6-4-5-10(8-11)14-13-15(2)12(16)9-19-13/h4-6,8H,3,7,9H2,1-2H3. The van der Waals surface area contributed by atoms with Crippen molar-refractivity contribution in [3.63, 3.8) is 0 Å². The molecule has 108 valence electrons. The van der Waals surface area contributed by atoms with E-state index >= 15 is 0 Å². The zero-order chi connectivity index (χ0) is 14.8. The normalized spacial score (nSPS) is 17.6. The average molecular weight is 296 g/mol. The third-order valence-electron chi connectivity index (χ3n) is 2.86. The van der Waals surface area contributed by atoms with Crippen molar-refractivity contribution in [1.82, 2.24) is 4.90 Å². The van der Waals surface area contributed by atoms with Crippen molar-refractivity contribution >= 4 is 27.5 Å². The first-order valence-corrected chi connectivity index (χ1v) is 7.90. The molecule has 1 aromatic carbocycles. The molecule has 1 amide bonds. The number of likely N-dealkylation sites (N-methyl/N-ethyl adjacent to an activating group) is 1. The Morgan fingerprint density at radius 1 is 1.40 bits per heavy atom. The van der Waals surface area contributed by atoms with Gasteiger partial charge in [-0.05, 0) is 24.6 Å². The zero-order valence-corrected chi connectivity index (χ0v) is 12.2. The summed E-state index contributed by atoms with van der Waals surface area (Å²) in [6.45, 7) is 1.78. The van der Waals surface area contributed by atoms with Crippen LogP contribution in [0, 0.1) is 0 Å². The van der Waals surface area contributed by atoms with Gasteiger partial charge in [-0.3, -0.25) is 9.69 Å². The van der Waals surface area contributed by atoms with Crippen LogP contribution in [0.15, 0.2) is 34.2 Å². The van der Waals surface area contributed by atoms with Crippen molar-refractivity contribution in [2.45, 2.75) is 18.2 Å². The number of hydrogen-bond donors (Lipinski definition) is 0. The summed E-state index contributed by atoms with van der Waals surface area (Å²) < 4.78 is 29.1. The van der Waals surface area contributed by atoms with E-state index in [2.05, 4.69) is 4.99 Å². The highest BCUT2D eigenvalue weighted by atomic mass is 32.2. The van der Waals surface area contributed by atoms with Gasteiger partial charge in [0.1, 0.15) is 0 Å². The molecule has 1 aliphatic heterocycles. The third-order valence-corrected chi connectivity index (χ3v) is 4.78. The number of carbonyl (C=O) groups excluding carboxylic acids is 1. The lowest BCUT2D eigenvalue weighted by Gasteiger charge is -2.07. The Balaban J connectivity index is 2.32. The summed E-state index contributed by atoms with van der Waals surface area (Å²) in [5, 5.41) is 0. The van der Waals surface area contributed by atoms with Crippen LogP contribution in [0.5, 0.6) is 0 Å². The monoisotopic (exact) mass is 296 g/mol. The summed E-state index contributed by atoms with van der Waals surface area (Å²) in [6.07, 6.45) is 0.557. The number of sulfone groups is 1. The van der Waals surface area contributed by atoms with Crippen LogP contribution in [-0.4, -0.2) is 44.7 Å². The average Bonchev–Trinajstić information content (AvgIpc) is 2.71. The van der Waals surface area contributed by atoms with E-state index < -0.39 is 9.84 Å². The van der Waals surface area contributed by atoms with Crippen LogP contribution in [0.1, 0.15) is 13.3 Å². The quantitative estimate of drug-likeness (QED) is 0.840. The van der Waals surface area contributed by atoms with Crippen LogP contribution in [-0.2, 0) is 19.4 Å². The van der Waals surface area contributed by atoms with Crippen molar-refractivity contribution < 1.29 is 17.9 Å². The molecule has 1 aromatic rings. The van der Waals surface area contributed by atoms with E-state index in [1.54, 1.807) is 25.2 Å². The first kappa shape index (κ1) is 14.5. The minimum absolute atomic E-state index is 0.0385. The van der Waals surface area contributed by atoms with Gasteiger partial charge >= 0.3 is 0 Å². The number of hydrogen-bond acceptors (Lipinski definition) is 5. The van der Waals surface area contributed by atoms with Crippen LogP contribution in [0.25, 0.3) is 0 Å². The molecule has 7 heteroatoms. The molecular weight excluding hydrogens is 280 g/mol. The molecule has 0 bridgehead atoms. The zero-order valence-electron chi connectivity index (χ0n) is 11.4. The van der Waals surface area contributed by atoms with Crippen molar-refractivity contribution in [1.29, 1.82) is 0 Å². The fourth-order valence-electron chi connectivity index (χ4n) is 1.78. The second kappa shape index (κ2) is 5.62. The van der Waals surface area contributed by atoms with E-state index in [4.69, 9.17) is 4.74 Å². The highest BCUT2D eigenvalue weighted by molar-refractivity contribution is 7.91. The van der Waals surface area contributed by atoms with E-state index in [0.29, 0.717) is 12.1 Å². The highest BCUT2D eigenvalue weighted by Crippen LogP contribution is 2.21. The molecule has 20 heavy (non-hydrogen) atoms. The lowest BCUT2D eigenvalue weighted by Crippen LogP contribution is -2.24. The van der Waals surface area contributed by atoms with Crippen LogP contribution >= 0.6 is 0 Å². The van der Waals surface area contributed by atoms with E-state index in [-0.39, 0.29) is 29.2 Å². The van der Waals surface area contributed by atoms with Crippen LogP contribution in [0.4, 0.5) is 5.69 Å². The summed E-state index contributed by atoms with van der Waals surface area (Å²) in [7, 11) is -1.72. The van der Waals surface area contributed by atoms with Gasteiger partial charge in [-0.25, -0.2) is 8.42 Å². The summed E-state index contributed by atoms with van der Waals surface area (Å²) in [6, 6.07) is 6.49. The summed E-state index contributed by atoms with van der Waals surface area (Å²) in [4.78, 5) is 17.0. The van der Waals surface area contributed by atoms with E-state index in [9.17, 15) is 13.2 Å². The fraction of sp³-hybridized carbons (Fsp3) is 0.385. The van der Waals surface area contributed by atoms with Crippen molar-refractivity contribution in [2.24, 2.45) is 4.99 Å². The summed E-state index contributed by atoms with van der Waals surface area (Å²) in [5.74, 6) is -0.0828. The molecule has 1 heterocycles. The highest BCUT2D eigenvalue weighted by Gasteiger charge is 2.25. The largest absolute Gasteiger partial charge is 0.454 e. The number of ether oxygens (including phenoxy) is 1. The lowest BCUT2D eigenvalue weighted by atomic mass is 10.3. The molecule has 1 fully saturated rings. The Morgan fingerprint density at radius 3 is 2.75 bits per heavy atom. The Hall–Kier alpha value is -1.89. The van der Waals surface area contributed by atoms with Gasteiger partial charge in [0.25, 0.3) is 11.9 Å². The smallest absolute Gasteiger partial charge is 0.299 e. The molecule has 0 saturated carbocycles. The van der Waals surface area contributed by atoms with Gasteiger partial charge in [-0.2, -0.15) is 4.99 Å². The van der Waals surface area contributed by atoms with E-state index in [1.165, 1.54) is 11.0 Å². The number of nitrogens with zero attached hydrogens (tertiary/aromatic N) is 2. The molecule has 6 nitrogen and oxygen atoms in total. The summed E-state index contributed by atoms with van der Waals surface area (Å²) >= 11 is 0. The number of aliphatic imine (C=N–C) groups is 1. The predicted octanol–water partition coefficient (Wildman–Crippen LogP) is 1.35. The molecule has 2 rings (SSSR count). The van der Waals surface area contributed by atoms with E-state index in [0.717, 1.165) is 0 Å². The molecule has 0 unspecified atom stereocenters. The van der Waals surface area contributed by atoms with Gasteiger partial charge in [-0.15, -0.1) is 0 Å². The SMILES string of the molecule is CCCS(=O)(=O)c1cccc(N=C2OCC(=O)N2C)c1. The molecule has 0 N–H and O–H groups in total. The Morgan fingerprint density at radius 2 is 2.15 bits per heavy atom. The Kier molecular flexibility index (Phi) is 4.08. The lowest BCUT2D eigenvalue weighted by molar-refractivity contribution is -0.124. The fourth-order valence-corrected chi connectivity index (χ4v) is 3.14. The molecule has 0 aromatic heterocycles. The van der Waals surface area contributed by atoms with Gasteiger partial charge < -0.3 is 4.74 Å². The topological polar surface area (TPSA) is 76.0 Å². The van der Waals surface area contributed by atoms with Crippen LogP contribution < -0.4 is 0 Å². The number of benzene rings is 1. The maximum atomic E-state index is 12.0. The molecular formula is C13H16N2O4S. The number of amides is 1. The van der Waals surface area contributed by atoms with Gasteiger partial charge in [0, 0.05) is 7.05 Å². The van der Waals surface area contributed by atoms with Crippen molar-refractivity contribution in [3.05, 3.63) is 24.3 Å². The molecule has 1 aliphatic rings. The molecule has 0 aliphatic carbocycles. The molecule has 1 saturated heterocycles. The maximum Gasteiger partial charge on any atom is 0.299 e. The Labute approximate surface area is 118 Å². The number of amidine groups is 1. The van der Waals surface area contributed by atoms with Crippen LogP contribution in [0.3, 0.4) is 0 Å². The van der Waals surface area contributed by atoms with Crippen LogP contribution in [0.2, 0.25) is 0 Å². The third kappa shape index (κ3) is 2.98. The minimum atomic E-state index is -3.28. The van der Waals surface area contributed by atoms with Gasteiger partial charge in [-0.1, -0.05) is 13.0 Å². The van der Waals surface area contributed by atoms with Crippen molar-refractivity contribution in [2.75, 3.05) is 19.4 Å². The van der Waals surface area contributed by atoms with Gasteiger partial charge in [0.15, 0.2) is 16.4 Å². The van der Waals surface area contributed by atoms with E-state index in [1.807, 2.05) is 6.92 Å². The second-order valence-electron chi connectivity index (χ2n) is 4.45. The minimum Gasteiger partial charge on any atom is -0.454 e. The first-order valence-electron chi connectivity index (χ1n) is 6.25. The number of rotatable bonds is 4. The maximum absolute atomic E-state index is 12.0. The molecule has 0 radical (unpaired) electrons. The first-order chi connectivity index (χ1) is 9.44. The Bertz CT molecular complexity index is 652. The van der Waals surface area contributed by atoms with Crippen molar-refractivity contribution in [3.8, 4) is 0 Å².